The Kier molecular flexibility index (Phi) is 3.66. The van der Waals surface area contributed by atoms with E-state index in [1.165, 1.54) is 0 Å². The Morgan fingerprint density at radius 3 is 3.19 bits per heavy atom. The van der Waals surface area contributed by atoms with Crippen LogP contribution >= 0.6 is 11.8 Å². The van der Waals surface area contributed by atoms with Gasteiger partial charge in [-0.1, -0.05) is 6.92 Å². The molecule has 5 heteroatoms. The molecule has 2 heterocycles. The quantitative estimate of drug-likeness (QED) is 0.865. The van der Waals surface area contributed by atoms with Gasteiger partial charge in [0.05, 0.1) is 6.20 Å². The van der Waals surface area contributed by atoms with Gasteiger partial charge in [0.1, 0.15) is 5.52 Å². The zero-order valence-corrected chi connectivity index (χ0v) is 10.4. The van der Waals surface area contributed by atoms with E-state index in [9.17, 15) is 0 Å². The van der Waals surface area contributed by atoms with Gasteiger partial charge in [-0.2, -0.15) is 16.9 Å². The Morgan fingerprint density at radius 2 is 2.38 bits per heavy atom. The number of nitrogens with zero attached hydrogens (tertiary/aromatic N) is 3. The van der Waals surface area contributed by atoms with Gasteiger partial charge in [0.25, 0.3) is 0 Å². The van der Waals surface area contributed by atoms with Crippen LogP contribution < -0.4 is 5.32 Å². The summed E-state index contributed by atoms with van der Waals surface area (Å²) in [6.07, 6.45) is 8.68. The monoisotopic (exact) mass is 236 g/mol. The highest BCUT2D eigenvalue weighted by atomic mass is 32.2. The molecule has 0 saturated carbocycles. The number of hydrogen-bond donors (Lipinski definition) is 1. The maximum absolute atomic E-state index is 4.32. The Morgan fingerprint density at radius 1 is 1.50 bits per heavy atom. The first kappa shape index (κ1) is 11.3. The van der Waals surface area contributed by atoms with Crippen molar-refractivity contribution in [3.8, 4) is 0 Å². The van der Waals surface area contributed by atoms with Crippen LogP contribution in [0.3, 0.4) is 0 Å². The molecule has 0 fully saturated rings. The van der Waals surface area contributed by atoms with E-state index in [1.807, 2.05) is 28.5 Å². The van der Waals surface area contributed by atoms with Crippen molar-refractivity contribution in [3.63, 3.8) is 0 Å². The number of hydrogen-bond acceptors (Lipinski definition) is 4. The number of anilines is 1. The molecule has 2 aromatic rings. The third-order valence-electron chi connectivity index (χ3n) is 2.57. The molecule has 86 valence electrons. The first-order chi connectivity index (χ1) is 7.81. The van der Waals surface area contributed by atoms with Crippen LogP contribution in [0.1, 0.15) is 13.3 Å². The second-order valence-electron chi connectivity index (χ2n) is 3.70. The summed E-state index contributed by atoms with van der Waals surface area (Å²) in [5, 5.41) is 8.20. The minimum Gasteiger partial charge on any atom is -0.368 e. The number of nitrogens with one attached hydrogen (secondary N) is 1. The van der Waals surface area contributed by atoms with E-state index in [1.54, 1.807) is 12.4 Å². The maximum Gasteiger partial charge on any atom is 0.152 e. The van der Waals surface area contributed by atoms with Crippen LogP contribution in [-0.4, -0.2) is 32.6 Å². The molecule has 4 nitrogen and oxygen atoms in total. The average Bonchev–Trinajstić information content (AvgIpc) is 2.77. The molecule has 1 N–H and O–H groups in total. The summed E-state index contributed by atoms with van der Waals surface area (Å²) in [4.78, 5) is 4.32. The molecule has 0 saturated heterocycles. The lowest BCUT2D eigenvalue weighted by Gasteiger charge is -2.10. The normalized spacial score (nSPS) is 12.9. The lowest BCUT2D eigenvalue weighted by molar-refractivity contribution is 0.848. The molecule has 2 aromatic heterocycles. The molecule has 2 rings (SSSR count). The molecule has 1 atom stereocenters. The van der Waals surface area contributed by atoms with Gasteiger partial charge in [-0.3, -0.25) is 0 Å². The molecule has 0 aromatic carbocycles. The number of thioether (sulfide) groups is 1. The largest absolute Gasteiger partial charge is 0.368 e. The molecule has 0 aliphatic carbocycles. The molecule has 16 heavy (non-hydrogen) atoms. The number of aromatic nitrogens is 3. The van der Waals surface area contributed by atoms with Crippen LogP contribution in [-0.2, 0) is 0 Å². The maximum atomic E-state index is 4.32. The Balaban J connectivity index is 2.01. The van der Waals surface area contributed by atoms with Gasteiger partial charge >= 0.3 is 0 Å². The van der Waals surface area contributed by atoms with Crippen molar-refractivity contribution >= 4 is 23.1 Å². The summed E-state index contributed by atoms with van der Waals surface area (Å²) in [7, 11) is 0. The van der Waals surface area contributed by atoms with Crippen LogP contribution in [0.2, 0.25) is 0 Å². The predicted molar refractivity (Wildman–Crippen MR) is 69.1 cm³/mol. The Labute approximate surface area is 99.5 Å². The zero-order valence-electron chi connectivity index (χ0n) is 9.55. The van der Waals surface area contributed by atoms with E-state index in [-0.39, 0.29) is 0 Å². The van der Waals surface area contributed by atoms with Crippen molar-refractivity contribution in [2.75, 3.05) is 18.1 Å². The van der Waals surface area contributed by atoms with Crippen LogP contribution in [0.5, 0.6) is 0 Å². The third-order valence-corrected chi connectivity index (χ3v) is 3.61. The van der Waals surface area contributed by atoms with E-state index in [0.29, 0.717) is 5.25 Å². The average molecular weight is 236 g/mol. The third kappa shape index (κ3) is 2.47. The van der Waals surface area contributed by atoms with Crippen LogP contribution in [0.25, 0.3) is 5.52 Å². The van der Waals surface area contributed by atoms with Gasteiger partial charge in [0.15, 0.2) is 5.82 Å². The van der Waals surface area contributed by atoms with Crippen LogP contribution in [0.15, 0.2) is 24.7 Å². The van der Waals surface area contributed by atoms with E-state index >= 15 is 0 Å². The highest BCUT2D eigenvalue weighted by molar-refractivity contribution is 7.99. The molecule has 1 unspecified atom stereocenters. The summed E-state index contributed by atoms with van der Waals surface area (Å²) in [5.41, 5.74) is 1.03. The van der Waals surface area contributed by atoms with Gasteiger partial charge in [-0.15, -0.1) is 0 Å². The van der Waals surface area contributed by atoms with Gasteiger partial charge in [0.2, 0.25) is 0 Å². The Hall–Kier alpha value is -1.23. The fourth-order valence-electron chi connectivity index (χ4n) is 1.51. The number of rotatable bonds is 5. The van der Waals surface area contributed by atoms with Crippen LogP contribution in [0.4, 0.5) is 5.82 Å². The van der Waals surface area contributed by atoms with E-state index in [2.05, 4.69) is 28.6 Å². The molecule has 0 amide bonds. The summed E-state index contributed by atoms with van der Waals surface area (Å²) in [6.45, 7) is 3.18. The highest BCUT2D eigenvalue weighted by Gasteiger charge is 2.03. The highest BCUT2D eigenvalue weighted by Crippen LogP contribution is 2.14. The molecular formula is C11H16N4S. The van der Waals surface area contributed by atoms with Crippen molar-refractivity contribution in [3.05, 3.63) is 24.7 Å². The minimum absolute atomic E-state index is 0.678. The van der Waals surface area contributed by atoms with Crippen LogP contribution in [0, 0.1) is 0 Å². The summed E-state index contributed by atoms with van der Waals surface area (Å²) in [6, 6.07) is 1.97. The van der Waals surface area contributed by atoms with Gasteiger partial charge in [0, 0.05) is 24.2 Å². The van der Waals surface area contributed by atoms with Gasteiger partial charge in [-0.25, -0.2) is 9.50 Å². The molecular weight excluding hydrogens is 220 g/mol. The topological polar surface area (TPSA) is 42.2 Å². The van der Waals surface area contributed by atoms with Crippen molar-refractivity contribution in [1.29, 1.82) is 0 Å². The SMILES string of the molecule is CSC(C)CCNc1nccn2nccc12. The van der Waals surface area contributed by atoms with Crippen molar-refractivity contribution in [2.45, 2.75) is 18.6 Å². The van der Waals surface area contributed by atoms with Crippen molar-refractivity contribution < 1.29 is 0 Å². The molecule has 0 aliphatic rings. The second-order valence-corrected chi connectivity index (χ2v) is 4.97. The lowest BCUT2D eigenvalue weighted by atomic mass is 10.3. The van der Waals surface area contributed by atoms with Crippen molar-refractivity contribution in [1.82, 2.24) is 14.6 Å². The van der Waals surface area contributed by atoms with Gasteiger partial charge < -0.3 is 5.32 Å². The smallest absolute Gasteiger partial charge is 0.152 e. The fourth-order valence-corrected chi connectivity index (χ4v) is 1.86. The number of fused-ring (bicyclic) bond motifs is 1. The first-order valence-electron chi connectivity index (χ1n) is 5.36. The lowest BCUT2D eigenvalue weighted by Crippen LogP contribution is -2.09. The summed E-state index contributed by atoms with van der Waals surface area (Å²) >= 11 is 1.89. The molecule has 0 aliphatic heterocycles. The van der Waals surface area contributed by atoms with Crippen molar-refractivity contribution in [2.24, 2.45) is 0 Å². The van der Waals surface area contributed by atoms with E-state index < -0.39 is 0 Å². The second kappa shape index (κ2) is 5.21. The standard InChI is InChI=1S/C11H16N4S/c1-9(16-2)3-5-12-11-10-4-6-14-15(10)8-7-13-11/h4,6-9H,3,5H2,1-2H3,(H,12,13). The van der Waals surface area contributed by atoms with E-state index in [4.69, 9.17) is 0 Å². The minimum atomic E-state index is 0.678. The van der Waals surface area contributed by atoms with Gasteiger partial charge in [-0.05, 0) is 18.7 Å². The summed E-state index contributed by atoms with van der Waals surface area (Å²) in [5.74, 6) is 0.910. The Bertz CT molecular complexity index is 454. The molecule has 0 radical (unpaired) electrons. The predicted octanol–water partition coefficient (Wildman–Crippen LogP) is 2.28. The first-order valence-corrected chi connectivity index (χ1v) is 6.65. The van der Waals surface area contributed by atoms with E-state index in [0.717, 1.165) is 24.3 Å². The summed E-state index contributed by atoms with van der Waals surface area (Å²) < 4.78 is 1.83. The molecule has 0 spiro atoms. The zero-order chi connectivity index (χ0) is 11.4. The molecule has 0 bridgehead atoms. The fraction of sp³-hybridized carbons (Fsp3) is 0.455.